The van der Waals surface area contributed by atoms with E-state index in [1.165, 1.54) is 0 Å². The summed E-state index contributed by atoms with van der Waals surface area (Å²) in [4.78, 5) is 15.2. The number of aryl methyl sites for hydroxylation is 1. The van der Waals surface area contributed by atoms with Gasteiger partial charge in [-0.25, -0.2) is 4.79 Å². The lowest BCUT2D eigenvalue weighted by atomic mass is 10.1. The molecule has 4 rings (SSSR count). The molecule has 0 atom stereocenters. The van der Waals surface area contributed by atoms with E-state index in [0.29, 0.717) is 28.7 Å². The monoisotopic (exact) mass is 338 g/mol. The van der Waals surface area contributed by atoms with Gasteiger partial charge in [0.05, 0.1) is 5.52 Å². The Morgan fingerprint density at radius 2 is 1.88 bits per heavy atom. The number of ether oxygens (including phenoxy) is 3. The second-order valence-corrected chi connectivity index (χ2v) is 5.54. The molecule has 1 aliphatic rings. The quantitative estimate of drug-likeness (QED) is 0.745. The van der Waals surface area contributed by atoms with Gasteiger partial charge in [-0.3, -0.25) is 10.3 Å². The fourth-order valence-corrected chi connectivity index (χ4v) is 2.65. The van der Waals surface area contributed by atoms with E-state index >= 15 is 0 Å². The molecule has 0 saturated carbocycles. The number of benzene rings is 2. The Morgan fingerprint density at radius 3 is 2.60 bits per heavy atom. The second-order valence-electron chi connectivity index (χ2n) is 5.54. The van der Waals surface area contributed by atoms with Crippen molar-refractivity contribution in [3.8, 4) is 23.0 Å². The van der Waals surface area contributed by atoms with Crippen LogP contribution in [0.3, 0.4) is 0 Å². The van der Waals surface area contributed by atoms with Crippen LogP contribution in [0.4, 0.5) is 10.5 Å². The highest BCUT2D eigenvalue weighted by Crippen LogP contribution is 2.39. The molecular formula is C18H14N2O5. The van der Waals surface area contributed by atoms with Gasteiger partial charge in [-0.15, -0.1) is 0 Å². The Hall–Kier alpha value is -3.48. The molecular weight excluding hydrogens is 324 g/mol. The van der Waals surface area contributed by atoms with Gasteiger partial charge < -0.3 is 19.3 Å². The number of nitrogens with zero attached hydrogens (tertiary/aromatic N) is 1. The Bertz CT molecular complexity index is 969. The molecule has 0 bridgehead atoms. The van der Waals surface area contributed by atoms with Gasteiger partial charge in [-0.05, 0) is 37.3 Å². The minimum atomic E-state index is -1.11. The number of hydrogen-bond acceptors (Lipinski definition) is 5. The Kier molecular flexibility index (Phi) is 3.53. The van der Waals surface area contributed by atoms with Crippen LogP contribution in [0.1, 0.15) is 5.69 Å². The highest BCUT2D eigenvalue weighted by atomic mass is 16.7. The van der Waals surface area contributed by atoms with Crippen LogP contribution in [-0.2, 0) is 0 Å². The van der Waals surface area contributed by atoms with E-state index in [1.807, 2.05) is 25.1 Å². The summed E-state index contributed by atoms with van der Waals surface area (Å²) < 4.78 is 16.8. The number of amides is 1. The molecule has 2 N–H and O–H groups in total. The van der Waals surface area contributed by atoms with Crippen molar-refractivity contribution >= 4 is 22.7 Å². The zero-order chi connectivity index (χ0) is 17.4. The van der Waals surface area contributed by atoms with Crippen molar-refractivity contribution in [2.24, 2.45) is 0 Å². The van der Waals surface area contributed by atoms with Crippen molar-refractivity contribution in [1.82, 2.24) is 4.98 Å². The van der Waals surface area contributed by atoms with Crippen LogP contribution >= 0.6 is 0 Å². The lowest BCUT2D eigenvalue weighted by Crippen LogP contribution is -2.06. The van der Waals surface area contributed by atoms with Crippen LogP contribution in [-0.4, -0.2) is 23.0 Å². The topological polar surface area (TPSA) is 89.9 Å². The Labute approximate surface area is 142 Å². The van der Waals surface area contributed by atoms with Crippen LogP contribution in [0.2, 0.25) is 0 Å². The van der Waals surface area contributed by atoms with Crippen LogP contribution in [0.25, 0.3) is 10.9 Å². The van der Waals surface area contributed by atoms with Crippen molar-refractivity contribution in [3.05, 3.63) is 48.2 Å². The number of nitrogens with one attached hydrogen (secondary N) is 1. The molecule has 126 valence electrons. The number of aromatic nitrogens is 1. The molecule has 0 aliphatic carbocycles. The Balaban J connectivity index is 1.70. The van der Waals surface area contributed by atoms with Gasteiger partial charge in [0.2, 0.25) is 6.79 Å². The fraction of sp³-hybridized carbons (Fsp3) is 0.111. The lowest BCUT2D eigenvalue weighted by Gasteiger charge is -2.11. The van der Waals surface area contributed by atoms with Crippen LogP contribution in [0.15, 0.2) is 42.5 Å². The standard InChI is InChI=1S/C18H14N2O5/c1-10-6-15(25-12-4-2-11(3-5-12)20-18(21)22)13-7-16-17(24-9-23-16)8-14(13)19-10/h2-8,20H,9H2,1H3,(H,21,22). The minimum Gasteiger partial charge on any atom is -0.465 e. The average molecular weight is 338 g/mol. The van der Waals surface area contributed by atoms with Crippen molar-refractivity contribution < 1.29 is 24.1 Å². The lowest BCUT2D eigenvalue weighted by molar-refractivity contribution is 0.174. The summed E-state index contributed by atoms with van der Waals surface area (Å²) in [5.74, 6) is 2.55. The molecule has 7 nitrogen and oxygen atoms in total. The molecule has 0 unspecified atom stereocenters. The second kappa shape index (κ2) is 5.86. The first-order valence-corrected chi connectivity index (χ1v) is 7.57. The maximum atomic E-state index is 10.7. The number of carboxylic acid groups (broad SMARTS) is 1. The third-order valence-electron chi connectivity index (χ3n) is 3.73. The first-order chi connectivity index (χ1) is 12.1. The molecule has 0 saturated heterocycles. The third-order valence-corrected chi connectivity index (χ3v) is 3.73. The predicted molar refractivity (Wildman–Crippen MR) is 90.8 cm³/mol. The van der Waals surface area contributed by atoms with Gasteiger partial charge in [0.15, 0.2) is 11.5 Å². The summed E-state index contributed by atoms with van der Waals surface area (Å²) >= 11 is 0. The van der Waals surface area contributed by atoms with E-state index in [4.69, 9.17) is 19.3 Å². The van der Waals surface area contributed by atoms with E-state index in [9.17, 15) is 4.79 Å². The minimum absolute atomic E-state index is 0.193. The molecule has 1 amide bonds. The molecule has 3 aromatic rings. The molecule has 2 heterocycles. The fourth-order valence-electron chi connectivity index (χ4n) is 2.65. The largest absolute Gasteiger partial charge is 0.465 e. The highest BCUT2D eigenvalue weighted by Gasteiger charge is 2.17. The molecule has 0 spiro atoms. The maximum absolute atomic E-state index is 10.7. The van der Waals surface area contributed by atoms with Crippen LogP contribution < -0.4 is 19.5 Å². The normalized spacial score (nSPS) is 12.2. The van der Waals surface area contributed by atoms with E-state index in [0.717, 1.165) is 16.6 Å². The van der Waals surface area contributed by atoms with E-state index in [2.05, 4.69) is 10.3 Å². The van der Waals surface area contributed by atoms with E-state index in [-0.39, 0.29) is 6.79 Å². The first kappa shape index (κ1) is 15.1. The number of hydrogen-bond donors (Lipinski definition) is 2. The van der Waals surface area contributed by atoms with Gasteiger partial charge in [-0.1, -0.05) is 0 Å². The van der Waals surface area contributed by atoms with Crippen molar-refractivity contribution in [2.45, 2.75) is 6.92 Å². The first-order valence-electron chi connectivity index (χ1n) is 7.57. The highest BCUT2D eigenvalue weighted by molar-refractivity contribution is 5.89. The van der Waals surface area contributed by atoms with Crippen molar-refractivity contribution in [3.63, 3.8) is 0 Å². The number of carbonyl (C=O) groups is 1. The summed E-state index contributed by atoms with van der Waals surface area (Å²) in [6.45, 7) is 2.08. The summed E-state index contributed by atoms with van der Waals surface area (Å²) in [5, 5.41) is 11.8. The van der Waals surface area contributed by atoms with Gasteiger partial charge in [0, 0.05) is 28.9 Å². The van der Waals surface area contributed by atoms with Gasteiger partial charge in [0.25, 0.3) is 0 Å². The molecule has 1 aromatic heterocycles. The molecule has 2 aromatic carbocycles. The molecule has 1 aliphatic heterocycles. The van der Waals surface area contributed by atoms with Gasteiger partial charge in [0.1, 0.15) is 11.5 Å². The average Bonchev–Trinajstić information content (AvgIpc) is 3.01. The van der Waals surface area contributed by atoms with Gasteiger partial charge >= 0.3 is 6.09 Å². The Morgan fingerprint density at radius 1 is 1.16 bits per heavy atom. The van der Waals surface area contributed by atoms with E-state index in [1.54, 1.807) is 24.3 Å². The summed E-state index contributed by atoms with van der Waals surface area (Å²) in [6, 6.07) is 12.2. The maximum Gasteiger partial charge on any atom is 0.409 e. The van der Waals surface area contributed by atoms with E-state index < -0.39 is 6.09 Å². The molecule has 7 heteroatoms. The summed E-state index contributed by atoms with van der Waals surface area (Å²) in [5.41, 5.74) is 2.04. The number of fused-ring (bicyclic) bond motifs is 2. The van der Waals surface area contributed by atoms with Gasteiger partial charge in [-0.2, -0.15) is 0 Å². The number of rotatable bonds is 3. The number of pyridine rings is 1. The van der Waals surface area contributed by atoms with Crippen molar-refractivity contribution in [2.75, 3.05) is 12.1 Å². The zero-order valence-electron chi connectivity index (χ0n) is 13.3. The third kappa shape index (κ3) is 2.99. The van der Waals surface area contributed by atoms with Crippen molar-refractivity contribution in [1.29, 1.82) is 0 Å². The summed E-state index contributed by atoms with van der Waals surface area (Å²) in [6.07, 6.45) is -1.11. The van der Waals surface area contributed by atoms with Crippen LogP contribution in [0.5, 0.6) is 23.0 Å². The molecule has 0 radical (unpaired) electrons. The van der Waals surface area contributed by atoms with Crippen LogP contribution in [0, 0.1) is 6.92 Å². The molecule has 25 heavy (non-hydrogen) atoms. The number of anilines is 1. The zero-order valence-corrected chi connectivity index (χ0v) is 13.3. The SMILES string of the molecule is Cc1cc(Oc2ccc(NC(=O)O)cc2)c2cc3c(cc2n1)OCO3. The molecule has 0 fully saturated rings. The summed E-state index contributed by atoms with van der Waals surface area (Å²) in [7, 11) is 0. The smallest absolute Gasteiger partial charge is 0.409 e. The predicted octanol–water partition coefficient (Wildman–Crippen LogP) is 4.15.